The second-order valence-corrected chi connectivity index (χ2v) is 5.60. The maximum absolute atomic E-state index is 12.0. The first-order valence-electron chi connectivity index (χ1n) is 7.50. The highest BCUT2D eigenvalue weighted by molar-refractivity contribution is 5.85. The summed E-state index contributed by atoms with van der Waals surface area (Å²) >= 11 is 0. The second kappa shape index (κ2) is 7.43. The van der Waals surface area contributed by atoms with E-state index in [2.05, 4.69) is 53.6 Å². The molecule has 1 aliphatic rings. The molecule has 1 saturated heterocycles. The van der Waals surface area contributed by atoms with E-state index in [1.165, 1.54) is 5.56 Å². The molecule has 1 fully saturated rings. The average molecular weight is 291 g/mol. The highest BCUT2D eigenvalue weighted by atomic mass is 16.5. The number of nitrogens with one attached hydrogen (secondary N) is 2. The molecule has 0 aromatic heterocycles. The van der Waals surface area contributed by atoms with Gasteiger partial charge in [0.2, 0.25) is 5.91 Å². The van der Waals surface area contributed by atoms with Crippen LogP contribution in [0.1, 0.15) is 19.4 Å². The summed E-state index contributed by atoms with van der Waals surface area (Å²) < 4.78 is 5.43. The van der Waals surface area contributed by atoms with Gasteiger partial charge in [-0.1, -0.05) is 26.0 Å². The Labute approximate surface area is 126 Å². The summed E-state index contributed by atoms with van der Waals surface area (Å²) in [4.78, 5) is 14.1. The molecular formula is C16H25N3O2. The minimum atomic E-state index is -0.247. The molecule has 5 nitrogen and oxygen atoms in total. The number of hydrogen-bond acceptors (Lipinski definition) is 4. The number of morpholine rings is 1. The van der Waals surface area contributed by atoms with Crippen molar-refractivity contribution in [3.8, 4) is 0 Å². The summed E-state index contributed by atoms with van der Waals surface area (Å²) in [6.45, 7) is 6.97. The quantitative estimate of drug-likeness (QED) is 0.854. The van der Waals surface area contributed by atoms with Crippen molar-refractivity contribution in [3.63, 3.8) is 0 Å². The van der Waals surface area contributed by atoms with E-state index in [1.807, 2.05) is 0 Å². The first-order chi connectivity index (χ1) is 10.1. The number of benzene rings is 1. The first kappa shape index (κ1) is 15.8. The van der Waals surface area contributed by atoms with Gasteiger partial charge in [-0.25, -0.2) is 0 Å². The normalized spacial score (nSPS) is 18.9. The lowest BCUT2D eigenvalue weighted by atomic mass is 10.1. The number of hydrogen-bond donors (Lipinski definition) is 2. The van der Waals surface area contributed by atoms with Crippen LogP contribution < -0.4 is 15.5 Å². The van der Waals surface area contributed by atoms with Gasteiger partial charge in [0.25, 0.3) is 0 Å². The van der Waals surface area contributed by atoms with Crippen LogP contribution in [0, 0.1) is 0 Å². The lowest BCUT2D eigenvalue weighted by molar-refractivity contribution is -0.124. The molecule has 1 aliphatic heterocycles. The zero-order valence-electron chi connectivity index (χ0n) is 13.1. The van der Waals surface area contributed by atoms with Gasteiger partial charge in [-0.2, -0.15) is 0 Å². The third-order valence-corrected chi connectivity index (χ3v) is 3.66. The van der Waals surface area contributed by atoms with E-state index in [1.54, 1.807) is 7.05 Å². The van der Waals surface area contributed by atoms with Gasteiger partial charge in [-0.15, -0.1) is 0 Å². The molecule has 1 aromatic rings. The number of ether oxygens (including phenoxy) is 1. The predicted molar refractivity (Wildman–Crippen MR) is 84.4 cm³/mol. The lowest BCUT2D eigenvalue weighted by Gasteiger charge is -2.36. The topological polar surface area (TPSA) is 53.6 Å². The van der Waals surface area contributed by atoms with Crippen molar-refractivity contribution in [2.75, 3.05) is 31.7 Å². The maximum Gasteiger partial charge on any atom is 0.244 e. The van der Waals surface area contributed by atoms with Gasteiger partial charge in [0, 0.05) is 31.9 Å². The Morgan fingerprint density at radius 2 is 2.10 bits per heavy atom. The molecule has 0 saturated carbocycles. The summed E-state index contributed by atoms with van der Waals surface area (Å²) in [5.41, 5.74) is 2.32. The van der Waals surface area contributed by atoms with Crippen LogP contribution in [0.25, 0.3) is 0 Å². The van der Waals surface area contributed by atoms with Crippen molar-refractivity contribution >= 4 is 11.6 Å². The Morgan fingerprint density at radius 1 is 1.38 bits per heavy atom. The molecule has 0 spiro atoms. The van der Waals surface area contributed by atoms with Gasteiger partial charge >= 0.3 is 0 Å². The molecule has 1 heterocycles. The standard InChI is InChI=1S/C16H25N3O2/c1-12(2)18-10-13-4-6-14(7-5-13)19-8-9-21-11-15(19)16(20)17-3/h4-7,12,15,18H,8-11H2,1-3H3,(H,17,20). The van der Waals surface area contributed by atoms with Gasteiger partial charge in [0.05, 0.1) is 13.2 Å². The van der Waals surface area contributed by atoms with E-state index in [9.17, 15) is 4.79 Å². The molecule has 1 amide bonds. The van der Waals surface area contributed by atoms with Crippen LogP contribution in [0.3, 0.4) is 0 Å². The molecule has 0 aliphatic carbocycles. The number of nitrogens with zero attached hydrogens (tertiary/aromatic N) is 1. The Morgan fingerprint density at radius 3 is 2.71 bits per heavy atom. The van der Waals surface area contributed by atoms with Crippen LogP contribution in [0.15, 0.2) is 24.3 Å². The molecule has 116 valence electrons. The third-order valence-electron chi connectivity index (χ3n) is 3.66. The smallest absolute Gasteiger partial charge is 0.244 e. The van der Waals surface area contributed by atoms with Crippen molar-refractivity contribution in [1.29, 1.82) is 0 Å². The maximum atomic E-state index is 12.0. The van der Waals surface area contributed by atoms with E-state index in [0.717, 1.165) is 18.8 Å². The Hall–Kier alpha value is -1.59. The van der Waals surface area contributed by atoms with Gasteiger partial charge in [-0.3, -0.25) is 4.79 Å². The van der Waals surface area contributed by atoms with E-state index in [-0.39, 0.29) is 11.9 Å². The van der Waals surface area contributed by atoms with Gasteiger partial charge in [0.15, 0.2) is 0 Å². The van der Waals surface area contributed by atoms with E-state index in [0.29, 0.717) is 19.3 Å². The van der Waals surface area contributed by atoms with Gasteiger partial charge < -0.3 is 20.3 Å². The van der Waals surface area contributed by atoms with E-state index in [4.69, 9.17) is 4.74 Å². The molecule has 5 heteroatoms. The Bertz CT molecular complexity index is 459. The minimum Gasteiger partial charge on any atom is -0.377 e. The molecule has 2 N–H and O–H groups in total. The fourth-order valence-electron chi connectivity index (χ4n) is 2.42. The number of likely N-dealkylation sites (N-methyl/N-ethyl adjacent to an activating group) is 1. The lowest BCUT2D eigenvalue weighted by Crippen LogP contribution is -2.53. The van der Waals surface area contributed by atoms with Crippen LogP contribution >= 0.6 is 0 Å². The largest absolute Gasteiger partial charge is 0.377 e. The summed E-state index contributed by atoms with van der Waals surface area (Å²) in [6, 6.07) is 8.62. The highest BCUT2D eigenvalue weighted by Crippen LogP contribution is 2.20. The summed E-state index contributed by atoms with van der Waals surface area (Å²) in [7, 11) is 1.66. The van der Waals surface area contributed by atoms with Crippen LogP contribution in [0.5, 0.6) is 0 Å². The van der Waals surface area contributed by atoms with Gasteiger partial charge in [0.1, 0.15) is 6.04 Å². The Kier molecular flexibility index (Phi) is 5.59. The Balaban J connectivity index is 2.07. The van der Waals surface area contributed by atoms with Crippen LogP contribution in [0.2, 0.25) is 0 Å². The zero-order valence-corrected chi connectivity index (χ0v) is 13.1. The number of rotatable bonds is 5. The van der Waals surface area contributed by atoms with Crippen molar-refractivity contribution in [1.82, 2.24) is 10.6 Å². The van der Waals surface area contributed by atoms with Crippen molar-refractivity contribution in [2.24, 2.45) is 0 Å². The molecular weight excluding hydrogens is 266 g/mol. The number of carbonyl (C=O) groups is 1. The van der Waals surface area contributed by atoms with Crippen LogP contribution in [-0.2, 0) is 16.1 Å². The molecule has 1 unspecified atom stereocenters. The van der Waals surface area contributed by atoms with E-state index < -0.39 is 0 Å². The molecule has 0 bridgehead atoms. The summed E-state index contributed by atoms with van der Waals surface area (Å²) in [5, 5.41) is 6.11. The summed E-state index contributed by atoms with van der Waals surface area (Å²) in [5.74, 6) is 0.000232. The molecule has 1 atom stereocenters. The van der Waals surface area contributed by atoms with Crippen LogP contribution in [-0.4, -0.2) is 44.8 Å². The highest BCUT2D eigenvalue weighted by Gasteiger charge is 2.28. The molecule has 21 heavy (non-hydrogen) atoms. The fourth-order valence-corrected chi connectivity index (χ4v) is 2.42. The average Bonchev–Trinajstić information content (AvgIpc) is 2.52. The van der Waals surface area contributed by atoms with Crippen molar-refractivity contribution in [2.45, 2.75) is 32.5 Å². The monoisotopic (exact) mass is 291 g/mol. The second-order valence-electron chi connectivity index (χ2n) is 5.60. The van der Waals surface area contributed by atoms with Crippen molar-refractivity contribution in [3.05, 3.63) is 29.8 Å². The molecule has 0 radical (unpaired) electrons. The fraction of sp³-hybridized carbons (Fsp3) is 0.562. The number of amides is 1. The van der Waals surface area contributed by atoms with Gasteiger partial charge in [-0.05, 0) is 17.7 Å². The molecule has 1 aromatic carbocycles. The van der Waals surface area contributed by atoms with E-state index >= 15 is 0 Å². The number of anilines is 1. The summed E-state index contributed by atoms with van der Waals surface area (Å²) in [6.07, 6.45) is 0. The first-order valence-corrected chi connectivity index (χ1v) is 7.50. The number of carbonyl (C=O) groups excluding carboxylic acids is 1. The van der Waals surface area contributed by atoms with Crippen LogP contribution in [0.4, 0.5) is 5.69 Å². The zero-order chi connectivity index (χ0) is 15.2. The molecule has 2 rings (SSSR count). The third kappa shape index (κ3) is 4.19. The minimum absolute atomic E-state index is 0.000232. The van der Waals surface area contributed by atoms with Crippen molar-refractivity contribution < 1.29 is 9.53 Å². The SMILES string of the molecule is CNC(=O)C1COCCN1c1ccc(CNC(C)C)cc1. The predicted octanol–water partition coefficient (Wildman–Crippen LogP) is 1.14.